The molecular weight excluding hydrogens is 312 g/mol. The molecule has 5 heteroatoms. The first kappa shape index (κ1) is 16.9. The van der Waals surface area contributed by atoms with Gasteiger partial charge in [0.15, 0.2) is 0 Å². The molecule has 0 aliphatic carbocycles. The van der Waals surface area contributed by atoms with Crippen molar-refractivity contribution in [3.05, 3.63) is 83.4 Å². The molecule has 2 heterocycles. The zero-order chi connectivity index (χ0) is 17.6. The second kappa shape index (κ2) is 7.75. The summed E-state index contributed by atoms with van der Waals surface area (Å²) in [6.07, 6.45) is 4.35. The molecule has 0 atom stereocenters. The molecule has 0 bridgehead atoms. The first-order valence-electron chi connectivity index (χ1n) is 8.36. The lowest BCUT2D eigenvalue weighted by Gasteiger charge is -2.23. The van der Waals surface area contributed by atoms with Gasteiger partial charge in [0.2, 0.25) is 0 Å². The molecule has 0 fully saturated rings. The standard InChI is InChI=1S/C20H22N4O/c1-16-13-19(23(2)22-16)20(25)24(15-18-9-6-11-21-14-18)12-10-17-7-4-3-5-8-17/h3-9,11,13-14H,10,12,15H2,1-2H3. The van der Waals surface area contributed by atoms with E-state index in [4.69, 9.17) is 0 Å². The number of benzene rings is 1. The van der Waals surface area contributed by atoms with Crippen LogP contribution in [0.25, 0.3) is 0 Å². The van der Waals surface area contributed by atoms with Gasteiger partial charge in [-0.15, -0.1) is 0 Å². The molecule has 1 amide bonds. The van der Waals surface area contributed by atoms with E-state index < -0.39 is 0 Å². The number of carbonyl (C=O) groups excluding carboxylic acids is 1. The average Bonchev–Trinajstić information content (AvgIpc) is 2.98. The summed E-state index contributed by atoms with van der Waals surface area (Å²) in [5, 5.41) is 4.30. The van der Waals surface area contributed by atoms with E-state index in [9.17, 15) is 4.79 Å². The highest BCUT2D eigenvalue weighted by atomic mass is 16.2. The van der Waals surface area contributed by atoms with Gasteiger partial charge < -0.3 is 4.90 Å². The smallest absolute Gasteiger partial charge is 0.272 e. The summed E-state index contributed by atoms with van der Waals surface area (Å²) in [6, 6.07) is 15.9. The maximum atomic E-state index is 13.0. The molecule has 25 heavy (non-hydrogen) atoms. The normalized spacial score (nSPS) is 10.6. The van der Waals surface area contributed by atoms with Crippen molar-refractivity contribution >= 4 is 5.91 Å². The van der Waals surface area contributed by atoms with E-state index in [1.54, 1.807) is 24.1 Å². The molecular formula is C20H22N4O. The molecule has 0 N–H and O–H groups in total. The number of hydrogen-bond acceptors (Lipinski definition) is 3. The van der Waals surface area contributed by atoms with Crippen molar-refractivity contribution in [1.29, 1.82) is 0 Å². The molecule has 2 aromatic heterocycles. The Morgan fingerprint density at radius 3 is 2.52 bits per heavy atom. The Morgan fingerprint density at radius 2 is 1.88 bits per heavy atom. The van der Waals surface area contributed by atoms with Gasteiger partial charge in [0.05, 0.1) is 5.69 Å². The highest BCUT2D eigenvalue weighted by molar-refractivity contribution is 5.92. The third-order valence-corrected chi connectivity index (χ3v) is 4.12. The Bertz CT molecular complexity index is 827. The first-order chi connectivity index (χ1) is 12.1. The van der Waals surface area contributed by atoms with Crippen LogP contribution >= 0.6 is 0 Å². The number of carbonyl (C=O) groups is 1. The Kier molecular flexibility index (Phi) is 5.23. The van der Waals surface area contributed by atoms with Crippen molar-refractivity contribution < 1.29 is 4.79 Å². The Balaban J connectivity index is 1.80. The zero-order valence-electron chi connectivity index (χ0n) is 14.6. The Labute approximate surface area is 147 Å². The summed E-state index contributed by atoms with van der Waals surface area (Å²) in [5.74, 6) is -0.0112. The van der Waals surface area contributed by atoms with Crippen molar-refractivity contribution in [3.63, 3.8) is 0 Å². The van der Waals surface area contributed by atoms with Crippen LogP contribution in [0, 0.1) is 6.92 Å². The zero-order valence-corrected chi connectivity index (χ0v) is 14.6. The van der Waals surface area contributed by atoms with Crippen molar-refractivity contribution in [2.45, 2.75) is 19.9 Å². The lowest BCUT2D eigenvalue weighted by atomic mass is 10.1. The molecule has 0 saturated heterocycles. The number of aromatic nitrogens is 3. The summed E-state index contributed by atoms with van der Waals surface area (Å²) < 4.78 is 1.65. The van der Waals surface area contributed by atoms with Crippen LogP contribution < -0.4 is 0 Å². The molecule has 3 aromatic rings. The predicted molar refractivity (Wildman–Crippen MR) is 97.1 cm³/mol. The fraction of sp³-hybridized carbons (Fsp3) is 0.250. The number of aryl methyl sites for hydroxylation is 2. The Hall–Kier alpha value is -2.95. The maximum absolute atomic E-state index is 13.0. The number of pyridine rings is 1. The lowest BCUT2D eigenvalue weighted by molar-refractivity contribution is 0.0734. The van der Waals surface area contributed by atoms with Gasteiger partial charge in [-0.3, -0.25) is 14.5 Å². The minimum absolute atomic E-state index is 0.0112. The number of nitrogens with zero attached hydrogens (tertiary/aromatic N) is 4. The quantitative estimate of drug-likeness (QED) is 0.696. The van der Waals surface area contributed by atoms with Crippen LogP contribution in [0.2, 0.25) is 0 Å². The van der Waals surface area contributed by atoms with Crippen LogP contribution in [0.3, 0.4) is 0 Å². The molecule has 0 unspecified atom stereocenters. The molecule has 0 aliphatic heterocycles. The maximum Gasteiger partial charge on any atom is 0.272 e. The second-order valence-corrected chi connectivity index (χ2v) is 6.12. The van der Waals surface area contributed by atoms with E-state index >= 15 is 0 Å². The van der Waals surface area contributed by atoms with Crippen LogP contribution in [0.15, 0.2) is 60.9 Å². The van der Waals surface area contributed by atoms with Crippen LogP contribution in [-0.4, -0.2) is 32.1 Å². The number of amides is 1. The van der Waals surface area contributed by atoms with E-state index in [1.165, 1.54) is 5.56 Å². The highest BCUT2D eigenvalue weighted by Gasteiger charge is 2.20. The fourth-order valence-electron chi connectivity index (χ4n) is 2.85. The van der Waals surface area contributed by atoms with Crippen molar-refractivity contribution in [3.8, 4) is 0 Å². The van der Waals surface area contributed by atoms with Gasteiger partial charge in [-0.1, -0.05) is 36.4 Å². The highest BCUT2D eigenvalue weighted by Crippen LogP contribution is 2.12. The van der Waals surface area contributed by atoms with Gasteiger partial charge in [0, 0.05) is 32.5 Å². The summed E-state index contributed by atoms with van der Waals surface area (Å²) in [5.41, 5.74) is 3.68. The van der Waals surface area contributed by atoms with Gasteiger partial charge in [0.25, 0.3) is 5.91 Å². The van der Waals surface area contributed by atoms with Crippen LogP contribution in [-0.2, 0) is 20.0 Å². The third kappa shape index (κ3) is 4.32. The van der Waals surface area contributed by atoms with Gasteiger partial charge in [-0.05, 0) is 36.6 Å². The van der Waals surface area contributed by atoms with Gasteiger partial charge in [-0.25, -0.2) is 0 Å². The molecule has 128 valence electrons. The van der Waals surface area contributed by atoms with E-state index in [0.717, 1.165) is 17.7 Å². The topological polar surface area (TPSA) is 51.0 Å². The largest absolute Gasteiger partial charge is 0.333 e. The van der Waals surface area contributed by atoms with Crippen LogP contribution in [0.4, 0.5) is 0 Å². The van der Waals surface area contributed by atoms with Crippen LogP contribution in [0.5, 0.6) is 0 Å². The van der Waals surface area contributed by atoms with Crippen LogP contribution in [0.1, 0.15) is 27.3 Å². The summed E-state index contributed by atoms with van der Waals surface area (Å²) in [4.78, 5) is 19.1. The number of rotatable bonds is 6. The summed E-state index contributed by atoms with van der Waals surface area (Å²) in [6.45, 7) is 3.07. The molecule has 5 nitrogen and oxygen atoms in total. The van der Waals surface area contributed by atoms with Gasteiger partial charge >= 0.3 is 0 Å². The molecule has 0 aliphatic rings. The van der Waals surface area contributed by atoms with E-state index in [1.807, 2.05) is 48.2 Å². The van der Waals surface area contributed by atoms with Crippen molar-refractivity contribution in [2.24, 2.45) is 7.05 Å². The first-order valence-corrected chi connectivity index (χ1v) is 8.36. The van der Waals surface area contributed by atoms with E-state index in [-0.39, 0.29) is 5.91 Å². The minimum Gasteiger partial charge on any atom is -0.333 e. The second-order valence-electron chi connectivity index (χ2n) is 6.12. The van der Waals surface area contributed by atoms with Crippen molar-refractivity contribution in [2.75, 3.05) is 6.54 Å². The lowest BCUT2D eigenvalue weighted by Crippen LogP contribution is -2.33. The average molecular weight is 334 g/mol. The summed E-state index contributed by atoms with van der Waals surface area (Å²) in [7, 11) is 1.81. The predicted octanol–water partition coefficient (Wildman–Crippen LogP) is 3.01. The molecule has 3 rings (SSSR count). The molecule has 1 aromatic carbocycles. The van der Waals surface area contributed by atoms with Crippen molar-refractivity contribution in [1.82, 2.24) is 19.7 Å². The number of hydrogen-bond donors (Lipinski definition) is 0. The summed E-state index contributed by atoms with van der Waals surface area (Å²) >= 11 is 0. The fourth-order valence-corrected chi connectivity index (χ4v) is 2.85. The molecule has 0 spiro atoms. The minimum atomic E-state index is -0.0112. The van der Waals surface area contributed by atoms with E-state index in [0.29, 0.717) is 18.8 Å². The van der Waals surface area contributed by atoms with E-state index in [2.05, 4.69) is 22.2 Å². The third-order valence-electron chi connectivity index (χ3n) is 4.12. The molecule has 0 saturated carbocycles. The molecule has 0 radical (unpaired) electrons. The van der Waals surface area contributed by atoms with Gasteiger partial charge in [0.1, 0.15) is 5.69 Å². The monoisotopic (exact) mass is 334 g/mol. The Morgan fingerprint density at radius 1 is 1.12 bits per heavy atom. The van der Waals surface area contributed by atoms with Gasteiger partial charge in [-0.2, -0.15) is 5.10 Å². The SMILES string of the molecule is Cc1cc(C(=O)N(CCc2ccccc2)Cc2cccnc2)n(C)n1.